The first-order valence-corrected chi connectivity index (χ1v) is 17.5. The molecule has 1 unspecified atom stereocenters. The summed E-state index contributed by atoms with van der Waals surface area (Å²) in [6.45, 7) is 13.1. The first-order chi connectivity index (χ1) is 22.1. The minimum Gasteiger partial charge on any atom is -0.465 e. The molecule has 1 amide bonds. The van der Waals surface area contributed by atoms with E-state index in [0.717, 1.165) is 16.5 Å². The Bertz CT molecular complexity index is 1750. The van der Waals surface area contributed by atoms with Crippen molar-refractivity contribution >= 4 is 56.2 Å². The zero-order valence-electron chi connectivity index (χ0n) is 28.9. The number of nitrogens with one attached hydrogen (secondary N) is 1. The Labute approximate surface area is 287 Å². The van der Waals surface area contributed by atoms with Crippen molar-refractivity contribution in [3.63, 3.8) is 0 Å². The summed E-state index contributed by atoms with van der Waals surface area (Å²) in [7, 11) is -2.30. The van der Waals surface area contributed by atoms with Crippen molar-refractivity contribution in [2.24, 2.45) is 23.8 Å². The van der Waals surface area contributed by atoms with Crippen LogP contribution in [0.5, 0.6) is 0 Å². The van der Waals surface area contributed by atoms with Crippen molar-refractivity contribution < 1.29 is 41.8 Å². The number of carbonyl (C=O) groups excluding carboxylic acids is 4. The molecule has 1 aromatic heterocycles. The number of benzene rings is 2. The molecule has 0 aliphatic carbocycles. The van der Waals surface area contributed by atoms with Gasteiger partial charge in [0.1, 0.15) is 25.5 Å². The fourth-order valence-corrected chi connectivity index (χ4v) is 5.94. The predicted octanol–water partition coefficient (Wildman–Crippen LogP) is 5.74. The van der Waals surface area contributed by atoms with E-state index in [2.05, 4.69) is 5.32 Å². The summed E-state index contributed by atoms with van der Waals surface area (Å²) < 4.78 is 43.7. The van der Waals surface area contributed by atoms with E-state index < -0.39 is 56.3 Å². The maximum atomic E-state index is 13.1. The Morgan fingerprint density at radius 1 is 0.854 bits per heavy atom. The second kappa shape index (κ2) is 15.1. The molecule has 1 atom stereocenters. The molecule has 262 valence electrons. The van der Waals surface area contributed by atoms with Crippen LogP contribution < -0.4 is 5.32 Å². The molecule has 0 aliphatic rings. The van der Waals surface area contributed by atoms with E-state index in [9.17, 15) is 27.6 Å². The number of sulfone groups is 1. The van der Waals surface area contributed by atoms with E-state index in [1.807, 2.05) is 19.1 Å². The summed E-state index contributed by atoms with van der Waals surface area (Å²) in [5.74, 6) is -3.96. The molecule has 0 radical (unpaired) electrons. The summed E-state index contributed by atoms with van der Waals surface area (Å²) in [5, 5.41) is 4.24. The van der Waals surface area contributed by atoms with Gasteiger partial charge in [-0.2, -0.15) is 0 Å². The number of aromatic nitrogens is 1. The maximum Gasteiger partial charge on any atom is 0.321 e. The third-order valence-electron chi connectivity index (χ3n) is 7.49. The van der Waals surface area contributed by atoms with Crippen LogP contribution >= 0.6 is 11.6 Å². The SMILES string of the molecule is Cc1cc(Cl)c2cc(C(=O)NC(C)c3ccc(S(=O)(=O)CC(=O)OCC(COC(=O)C(C)(C)C)COC(=O)C(C)(C)C)cc3)n(C)c2c1. The van der Waals surface area contributed by atoms with E-state index >= 15 is 0 Å². The van der Waals surface area contributed by atoms with E-state index in [1.54, 1.807) is 78.3 Å². The number of esters is 3. The smallest absolute Gasteiger partial charge is 0.321 e. The number of rotatable bonds is 12. The minimum atomic E-state index is -4.08. The monoisotopic (exact) mass is 704 g/mol. The largest absolute Gasteiger partial charge is 0.465 e. The zero-order chi connectivity index (χ0) is 36.2. The number of hydrogen-bond donors (Lipinski definition) is 1. The van der Waals surface area contributed by atoms with Crippen molar-refractivity contribution in [3.8, 4) is 0 Å². The van der Waals surface area contributed by atoms with Crippen molar-refractivity contribution in [3.05, 3.63) is 64.3 Å². The first-order valence-electron chi connectivity index (χ1n) is 15.5. The molecular weight excluding hydrogens is 660 g/mol. The highest BCUT2D eigenvalue weighted by atomic mass is 35.5. The van der Waals surface area contributed by atoms with Crippen LogP contribution in [-0.4, -0.2) is 62.4 Å². The van der Waals surface area contributed by atoms with Crippen LogP contribution in [0.3, 0.4) is 0 Å². The molecule has 11 nitrogen and oxygen atoms in total. The number of fused-ring (bicyclic) bond motifs is 1. The van der Waals surface area contributed by atoms with Gasteiger partial charge in [0.05, 0.1) is 38.2 Å². The fourth-order valence-electron chi connectivity index (χ4n) is 4.51. The molecule has 13 heteroatoms. The van der Waals surface area contributed by atoms with Gasteiger partial charge in [0.25, 0.3) is 5.91 Å². The molecule has 48 heavy (non-hydrogen) atoms. The van der Waals surface area contributed by atoms with Crippen LogP contribution in [0.2, 0.25) is 5.02 Å². The summed E-state index contributed by atoms with van der Waals surface area (Å²) in [4.78, 5) is 50.2. The van der Waals surface area contributed by atoms with Gasteiger partial charge in [-0.1, -0.05) is 23.7 Å². The second-order valence-corrected chi connectivity index (χ2v) is 16.4. The lowest BCUT2D eigenvalue weighted by molar-refractivity contribution is -0.161. The molecule has 0 fully saturated rings. The standard InChI is InChI=1S/C35H45ClN2O9S/c1-21-14-27(36)26-16-29(38(9)28(26)15-21)31(40)37-22(2)24-10-12-25(13-11-24)48(43,44)20-30(39)45-17-23(18-46-32(41)34(3,4)5)19-47-33(42)35(6,7)8/h10-16,22-23H,17-20H2,1-9H3,(H,37,40). The van der Waals surface area contributed by atoms with E-state index in [0.29, 0.717) is 16.3 Å². The van der Waals surface area contributed by atoms with Crippen LogP contribution in [0.4, 0.5) is 0 Å². The van der Waals surface area contributed by atoms with Gasteiger partial charge in [-0.3, -0.25) is 19.2 Å². The quantitative estimate of drug-likeness (QED) is 0.184. The molecule has 0 saturated carbocycles. The molecule has 0 saturated heterocycles. The summed E-state index contributed by atoms with van der Waals surface area (Å²) in [5.41, 5.74) is 1.32. The summed E-state index contributed by atoms with van der Waals surface area (Å²) in [6.07, 6.45) is 0. The molecule has 3 aromatic rings. The lowest BCUT2D eigenvalue weighted by Gasteiger charge is -2.23. The summed E-state index contributed by atoms with van der Waals surface area (Å²) in [6, 6.07) is 10.9. The average Bonchev–Trinajstić information content (AvgIpc) is 3.31. The fraction of sp³-hybridized carbons (Fsp3) is 0.486. The number of hydrogen-bond acceptors (Lipinski definition) is 9. The highest BCUT2D eigenvalue weighted by Gasteiger charge is 2.29. The summed E-state index contributed by atoms with van der Waals surface area (Å²) >= 11 is 6.39. The van der Waals surface area contributed by atoms with Gasteiger partial charge >= 0.3 is 17.9 Å². The topological polar surface area (TPSA) is 147 Å². The Morgan fingerprint density at radius 2 is 1.38 bits per heavy atom. The van der Waals surface area contributed by atoms with Crippen molar-refractivity contribution in [1.82, 2.24) is 9.88 Å². The Morgan fingerprint density at radius 3 is 1.90 bits per heavy atom. The number of carbonyl (C=O) groups is 4. The Kier molecular flexibility index (Phi) is 12.1. The first kappa shape index (κ1) is 38.5. The maximum absolute atomic E-state index is 13.1. The predicted molar refractivity (Wildman–Crippen MR) is 182 cm³/mol. The van der Waals surface area contributed by atoms with Gasteiger partial charge in [0, 0.05) is 12.4 Å². The number of amides is 1. The minimum absolute atomic E-state index is 0.102. The van der Waals surface area contributed by atoms with Crippen molar-refractivity contribution in [2.75, 3.05) is 25.6 Å². The van der Waals surface area contributed by atoms with Crippen molar-refractivity contribution in [2.45, 2.75) is 66.3 Å². The number of nitrogens with zero attached hydrogens (tertiary/aromatic N) is 1. The van der Waals surface area contributed by atoms with Crippen molar-refractivity contribution in [1.29, 1.82) is 0 Å². The third-order valence-corrected chi connectivity index (χ3v) is 9.41. The molecule has 0 bridgehead atoms. The van der Waals surface area contributed by atoms with Crippen LogP contribution in [0.1, 0.15) is 76.1 Å². The van der Waals surface area contributed by atoms with Crippen LogP contribution in [0, 0.1) is 23.7 Å². The Hall–Kier alpha value is -3.90. The average molecular weight is 705 g/mol. The van der Waals surface area contributed by atoms with Gasteiger partial charge in [-0.25, -0.2) is 8.42 Å². The zero-order valence-corrected chi connectivity index (χ0v) is 30.5. The Balaban J connectivity index is 1.62. The highest BCUT2D eigenvalue weighted by molar-refractivity contribution is 7.92. The van der Waals surface area contributed by atoms with E-state index in [-0.39, 0.29) is 30.6 Å². The van der Waals surface area contributed by atoms with Crippen LogP contribution in [0.25, 0.3) is 10.9 Å². The number of halogens is 1. The molecule has 1 N–H and O–H groups in total. The van der Waals surface area contributed by atoms with E-state index in [4.69, 9.17) is 25.8 Å². The number of aryl methyl sites for hydroxylation is 2. The lowest BCUT2D eigenvalue weighted by Crippen LogP contribution is -2.32. The molecule has 0 aliphatic heterocycles. The number of ether oxygens (including phenoxy) is 3. The van der Waals surface area contributed by atoms with Gasteiger partial charge in [0.2, 0.25) is 0 Å². The van der Waals surface area contributed by atoms with E-state index in [1.165, 1.54) is 12.1 Å². The lowest BCUT2D eigenvalue weighted by atomic mass is 9.97. The van der Waals surface area contributed by atoms with Gasteiger partial charge in [0.15, 0.2) is 15.6 Å². The van der Waals surface area contributed by atoms with Gasteiger partial charge in [-0.05, 0) is 96.8 Å². The van der Waals surface area contributed by atoms with Crippen LogP contribution in [-0.2, 0) is 45.5 Å². The molecule has 0 spiro atoms. The molecule has 2 aromatic carbocycles. The molecule has 1 heterocycles. The second-order valence-electron chi connectivity index (χ2n) is 14.0. The van der Waals surface area contributed by atoms with Gasteiger partial charge < -0.3 is 24.1 Å². The molecular formula is C35H45ClN2O9S. The normalized spacial score (nSPS) is 12.9. The van der Waals surface area contributed by atoms with Crippen LogP contribution in [0.15, 0.2) is 47.4 Å². The van der Waals surface area contributed by atoms with Gasteiger partial charge in [-0.15, -0.1) is 0 Å². The third kappa shape index (κ3) is 10.1. The highest BCUT2D eigenvalue weighted by Crippen LogP contribution is 2.28. The molecule has 3 rings (SSSR count).